The number of aliphatic hydroxyl groups excluding tert-OH is 1. The first-order chi connectivity index (χ1) is 12.3. The number of H-pyrrole nitrogens is 1. The number of benzene rings is 2. The summed E-state index contributed by atoms with van der Waals surface area (Å²) in [4.78, 5) is 16.1. The summed E-state index contributed by atoms with van der Waals surface area (Å²) in [5.41, 5.74) is 6.30. The van der Waals surface area contributed by atoms with Gasteiger partial charge in [-0.15, -0.1) is 0 Å². The van der Waals surface area contributed by atoms with E-state index in [0.29, 0.717) is 12.1 Å². The number of aromatic amines is 1. The lowest BCUT2D eigenvalue weighted by atomic mass is 9.95. The summed E-state index contributed by atoms with van der Waals surface area (Å²) < 4.78 is 0. The van der Waals surface area contributed by atoms with Crippen molar-refractivity contribution in [2.45, 2.75) is 38.8 Å². The van der Waals surface area contributed by atoms with Gasteiger partial charge in [0.1, 0.15) is 0 Å². The highest BCUT2D eigenvalue weighted by molar-refractivity contribution is 5.99. The lowest BCUT2D eigenvalue weighted by molar-refractivity contribution is 0.0950. The van der Waals surface area contributed by atoms with E-state index in [0.717, 1.165) is 29.5 Å². The van der Waals surface area contributed by atoms with Crippen LogP contribution in [0.2, 0.25) is 0 Å². The van der Waals surface area contributed by atoms with Gasteiger partial charge in [0.15, 0.2) is 0 Å². The normalized spacial score (nSPS) is 13.6. The Morgan fingerprint density at radius 2 is 1.88 bits per heavy atom. The maximum absolute atomic E-state index is 12.6. The van der Waals surface area contributed by atoms with Gasteiger partial charge in [0.25, 0.3) is 5.91 Å². The molecule has 0 fully saturated rings. The summed E-state index contributed by atoms with van der Waals surface area (Å²) in [5, 5.41) is 13.5. The van der Waals surface area contributed by atoms with Crippen LogP contribution in [-0.4, -0.2) is 16.0 Å². The summed E-state index contributed by atoms with van der Waals surface area (Å²) in [6, 6.07) is 13.5. The molecule has 0 aliphatic heterocycles. The third-order valence-electron chi connectivity index (χ3n) is 5.09. The van der Waals surface area contributed by atoms with Crippen molar-refractivity contribution in [3.8, 4) is 0 Å². The Labute approximate surface area is 146 Å². The quantitative estimate of drug-likeness (QED) is 0.684. The molecule has 2 aromatic carbocycles. The van der Waals surface area contributed by atoms with Crippen molar-refractivity contribution in [3.63, 3.8) is 0 Å². The molecular weight excluding hydrogens is 312 g/mol. The number of aliphatic hydroxyl groups is 1. The highest BCUT2D eigenvalue weighted by Crippen LogP contribution is 2.29. The molecule has 0 bridgehead atoms. The molecule has 0 radical (unpaired) electrons. The molecule has 0 saturated carbocycles. The highest BCUT2D eigenvalue weighted by atomic mass is 16.3. The number of fused-ring (bicyclic) bond motifs is 3. The smallest absolute Gasteiger partial charge is 0.251 e. The predicted octanol–water partition coefficient (Wildman–Crippen LogP) is 3.47. The van der Waals surface area contributed by atoms with Crippen molar-refractivity contribution < 1.29 is 9.90 Å². The first-order valence-corrected chi connectivity index (χ1v) is 8.85. The van der Waals surface area contributed by atoms with E-state index in [1.54, 1.807) is 0 Å². The van der Waals surface area contributed by atoms with Gasteiger partial charge < -0.3 is 15.4 Å². The second-order valence-corrected chi connectivity index (χ2v) is 6.66. The molecule has 4 heteroatoms. The Morgan fingerprint density at radius 1 is 1.08 bits per heavy atom. The van der Waals surface area contributed by atoms with Crippen LogP contribution in [0.1, 0.15) is 45.6 Å². The molecule has 3 N–H and O–H groups in total. The Morgan fingerprint density at radius 3 is 2.72 bits per heavy atom. The largest absolute Gasteiger partial charge is 0.392 e. The maximum Gasteiger partial charge on any atom is 0.251 e. The van der Waals surface area contributed by atoms with E-state index in [1.165, 1.54) is 29.5 Å². The van der Waals surface area contributed by atoms with Crippen LogP contribution in [0.25, 0.3) is 10.9 Å². The summed E-state index contributed by atoms with van der Waals surface area (Å²) in [7, 11) is 0. The van der Waals surface area contributed by atoms with Crippen LogP contribution in [0.15, 0.2) is 42.5 Å². The molecular formula is C21H22N2O2. The average Bonchev–Trinajstić information content (AvgIpc) is 3.04. The molecule has 1 aliphatic carbocycles. The van der Waals surface area contributed by atoms with Gasteiger partial charge in [-0.3, -0.25) is 4.79 Å². The summed E-state index contributed by atoms with van der Waals surface area (Å²) >= 11 is 0. The van der Waals surface area contributed by atoms with Gasteiger partial charge in [0, 0.05) is 28.7 Å². The van der Waals surface area contributed by atoms with Gasteiger partial charge >= 0.3 is 0 Å². The van der Waals surface area contributed by atoms with Crippen LogP contribution in [0.3, 0.4) is 0 Å². The van der Waals surface area contributed by atoms with E-state index < -0.39 is 0 Å². The van der Waals surface area contributed by atoms with Gasteiger partial charge in [0.05, 0.1) is 6.61 Å². The molecule has 1 heterocycles. The SMILES string of the molecule is O=C(NCc1ccccc1CO)c1ccc2[nH]c3c(c2c1)CCCC3. The van der Waals surface area contributed by atoms with E-state index in [4.69, 9.17) is 0 Å². The molecule has 0 unspecified atom stereocenters. The van der Waals surface area contributed by atoms with Gasteiger partial charge in [-0.2, -0.15) is 0 Å². The Hall–Kier alpha value is -2.59. The van der Waals surface area contributed by atoms with Crippen molar-refractivity contribution in [1.29, 1.82) is 0 Å². The fourth-order valence-electron chi connectivity index (χ4n) is 3.71. The minimum atomic E-state index is -0.0830. The van der Waals surface area contributed by atoms with E-state index in [9.17, 15) is 9.90 Å². The van der Waals surface area contributed by atoms with Gasteiger partial charge in [-0.1, -0.05) is 24.3 Å². The number of hydrogen-bond donors (Lipinski definition) is 3. The molecule has 4 rings (SSSR count). The minimum Gasteiger partial charge on any atom is -0.392 e. The Kier molecular flexibility index (Phi) is 4.28. The molecule has 4 nitrogen and oxygen atoms in total. The van der Waals surface area contributed by atoms with Crippen molar-refractivity contribution in [2.75, 3.05) is 0 Å². The number of amides is 1. The molecule has 0 atom stereocenters. The number of carbonyl (C=O) groups excluding carboxylic acids is 1. The van der Waals surface area contributed by atoms with E-state index >= 15 is 0 Å². The second-order valence-electron chi connectivity index (χ2n) is 6.66. The standard InChI is InChI=1S/C21H22N2O2/c24-13-16-6-2-1-5-15(16)12-22-21(25)14-9-10-20-18(11-14)17-7-3-4-8-19(17)23-20/h1-2,5-6,9-11,23-24H,3-4,7-8,12-13H2,(H,22,25). The summed E-state index contributed by atoms with van der Waals surface area (Å²) in [6.45, 7) is 0.395. The van der Waals surface area contributed by atoms with Crippen LogP contribution in [0, 0.1) is 0 Å². The maximum atomic E-state index is 12.6. The molecule has 128 valence electrons. The second kappa shape index (κ2) is 6.73. The highest BCUT2D eigenvalue weighted by Gasteiger charge is 2.16. The number of aromatic nitrogens is 1. The third-order valence-corrected chi connectivity index (χ3v) is 5.09. The van der Waals surface area contributed by atoms with Gasteiger partial charge in [-0.25, -0.2) is 0 Å². The lowest BCUT2D eigenvalue weighted by Crippen LogP contribution is -2.23. The summed E-state index contributed by atoms with van der Waals surface area (Å²) in [6.07, 6.45) is 4.64. The number of nitrogens with one attached hydrogen (secondary N) is 2. The zero-order chi connectivity index (χ0) is 17.2. The number of rotatable bonds is 4. The molecule has 1 aromatic heterocycles. The van der Waals surface area contributed by atoms with Crippen molar-refractivity contribution in [2.24, 2.45) is 0 Å². The van der Waals surface area contributed by atoms with Gasteiger partial charge in [0.2, 0.25) is 0 Å². The first kappa shape index (κ1) is 15.9. The van der Waals surface area contributed by atoms with Crippen LogP contribution < -0.4 is 5.32 Å². The molecule has 3 aromatic rings. The molecule has 25 heavy (non-hydrogen) atoms. The van der Waals surface area contributed by atoms with Crippen molar-refractivity contribution in [1.82, 2.24) is 10.3 Å². The van der Waals surface area contributed by atoms with Crippen molar-refractivity contribution >= 4 is 16.8 Å². The zero-order valence-electron chi connectivity index (χ0n) is 14.1. The first-order valence-electron chi connectivity index (χ1n) is 8.85. The van der Waals surface area contributed by atoms with Gasteiger partial charge in [-0.05, 0) is 60.6 Å². The molecule has 1 aliphatic rings. The Balaban J connectivity index is 1.55. The zero-order valence-corrected chi connectivity index (χ0v) is 14.1. The topological polar surface area (TPSA) is 65.1 Å². The molecule has 0 spiro atoms. The van der Waals surface area contributed by atoms with Crippen LogP contribution in [0.5, 0.6) is 0 Å². The molecule has 0 saturated heterocycles. The van der Waals surface area contributed by atoms with E-state index in [2.05, 4.69) is 10.3 Å². The fourth-order valence-corrected chi connectivity index (χ4v) is 3.71. The van der Waals surface area contributed by atoms with Crippen LogP contribution >= 0.6 is 0 Å². The molecule has 1 amide bonds. The number of hydrogen-bond acceptors (Lipinski definition) is 2. The predicted molar refractivity (Wildman–Crippen MR) is 98.5 cm³/mol. The number of carbonyl (C=O) groups is 1. The minimum absolute atomic E-state index is 0.0203. The van der Waals surface area contributed by atoms with E-state index in [-0.39, 0.29) is 12.5 Å². The fraction of sp³-hybridized carbons (Fsp3) is 0.286. The van der Waals surface area contributed by atoms with Crippen molar-refractivity contribution in [3.05, 3.63) is 70.4 Å². The van der Waals surface area contributed by atoms with Crippen LogP contribution in [-0.2, 0) is 26.0 Å². The lowest BCUT2D eigenvalue weighted by Gasteiger charge is -2.11. The van der Waals surface area contributed by atoms with Crippen LogP contribution in [0.4, 0.5) is 0 Å². The Bertz CT molecular complexity index is 927. The van der Waals surface area contributed by atoms with E-state index in [1.807, 2.05) is 42.5 Å². The number of aryl methyl sites for hydroxylation is 2. The average molecular weight is 334 g/mol. The third kappa shape index (κ3) is 3.05. The monoisotopic (exact) mass is 334 g/mol. The summed E-state index contributed by atoms with van der Waals surface area (Å²) in [5.74, 6) is -0.0830.